The Labute approximate surface area is 105 Å². The first kappa shape index (κ1) is 14.2. The van der Waals surface area contributed by atoms with Crippen molar-refractivity contribution >= 4 is 17.7 Å². The summed E-state index contributed by atoms with van der Waals surface area (Å²) in [6.45, 7) is 3.73. The Morgan fingerprint density at radius 2 is 2.22 bits per heavy atom. The molecule has 1 amide bonds. The topological polar surface area (TPSA) is 99.2 Å². The van der Waals surface area contributed by atoms with Crippen molar-refractivity contribution in [3.05, 3.63) is 12.3 Å². The number of nitrogens with one attached hydrogen (secondary N) is 1. The molecule has 0 saturated carbocycles. The van der Waals surface area contributed by atoms with Gasteiger partial charge in [-0.2, -0.15) is 5.10 Å². The highest BCUT2D eigenvalue weighted by Gasteiger charge is 2.18. The molecule has 1 aromatic heterocycles. The molecule has 0 aliphatic carbocycles. The molecule has 7 nitrogen and oxygen atoms in total. The van der Waals surface area contributed by atoms with Gasteiger partial charge in [0.2, 0.25) is 5.91 Å². The molecule has 0 saturated heterocycles. The van der Waals surface area contributed by atoms with Crippen LogP contribution in [0.25, 0.3) is 0 Å². The van der Waals surface area contributed by atoms with Crippen LogP contribution in [0.3, 0.4) is 0 Å². The van der Waals surface area contributed by atoms with Gasteiger partial charge in [-0.05, 0) is 5.92 Å². The predicted octanol–water partition coefficient (Wildman–Crippen LogP) is -0.0221. The molecule has 0 bridgehead atoms. The van der Waals surface area contributed by atoms with Gasteiger partial charge in [0, 0.05) is 12.3 Å². The zero-order valence-corrected chi connectivity index (χ0v) is 10.7. The smallest absolute Gasteiger partial charge is 0.327 e. The molecule has 3 N–H and O–H groups in total. The number of nitrogens with two attached hydrogens (primary N) is 1. The molecule has 0 unspecified atom stereocenters. The van der Waals surface area contributed by atoms with E-state index in [0.29, 0.717) is 5.82 Å². The Bertz CT molecular complexity index is 428. The van der Waals surface area contributed by atoms with Crippen molar-refractivity contribution in [3.8, 4) is 0 Å². The predicted molar refractivity (Wildman–Crippen MR) is 65.7 cm³/mol. The van der Waals surface area contributed by atoms with E-state index < -0.39 is 12.0 Å². The molecular weight excluding hydrogens is 236 g/mol. The van der Waals surface area contributed by atoms with Gasteiger partial charge in [0.1, 0.15) is 6.54 Å². The van der Waals surface area contributed by atoms with Crippen molar-refractivity contribution in [2.45, 2.75) is 26.4 Å². The lowest BCUT2D eigenvalue weighted by molar-refractivity contribution is -0.141. The van der Waals surface area contributed by atoms with Gasteiger partial charge in [-0.3, -0.25) is 14.3 Å². The van der Waals surface area contributed by atoms with Gasteiger partial charge in [-0.25, -0.2) is 0 Å². The summed E-state index contributed by atoms with van der Waals surface area (Å²) < 4.78 is 5.88. The van der Waals surface area contributed by atoms with E-state index in [1.165, 1.54) is 11.8 Å². The molecule has 1 aromatic rings. The van der Waals surface area contributed by atoms with Gasteiger partial charge in [-0.1, -0.05) is 13.8 Å². The number of carbonyl (C=O) groups is 2. The minimum atomic E-state index is -0.587. The first-order chi connectivity index (χ1) is 8.43. The van der Waals surface area contributed by atoms with Crippen LogP contribution in [0.5, 0.6) is 0 Å². The fourth-order valence-corrected chi connectivity index (χ4v) is 1.23. The van der Waals surface area contributed by atoms with Crippen LogP contribution < -0.4 is 11.1 Å². The number of ether oxygens (including phenoxy) is 1. The minimum Gasteiger partial charge on any atom is -0.468 e. The third-order valence-corrected chi connectivity index (χ3v) is 2.43. The van der Waals surface area contributed by atoms with Crippen molar-refractivity contribution in [3.63, 3.8) is 0 Å². The van der Waals surface area contributed by atoms with Crippen LogP contribution >= 0.6 is 0 Å². The third-order valence-electron chi connectivity index (χ3n) is 2.43. The highest BCUT2D eigenvalue weighted by Crippen LogP contribution is 2.06. The largest absolute Gasteiger partial charge is 0.468 e. The lowest BCUT2D eigenvalue weighted by Gasteiger charge is -2.13. The van der Waals surface area contributed by atoms with Crippen LogP contribution in [0.1, 0.15) is 13.8 Å². The molecule has 0 aromatic carbocycles. The van der Waals surface area contributed by atoms with Gasteiger partial charge in [0.05, 0.1) is 13.2 Å². The fraction of sp³-hybridized carbons (Fsp3) is 0.545. The maximum absolute atomic E-state index is 11.7. The van der Waals surface area contributed by atoms with E-state index >= 15 is 0 Å². The summed E-state index contributed by atoms with van der Waals surface area (Å²) in [5.41, 5.74) is 5.70. The number of esters is 1. The summed E-state index contributed by atoms with van der Waals surface area (Å²) in [5.74, 6) is -0.301. The monoisotopic (exact) mass is 254 g/mol. The molecule has 0 fully saturated rings. The Balaban J connectivity index is 2.59. The minimum absolute atomic E-state index is 0.00258. The van der Waals surface area contributed by atoms with E-state index in [0.717, 1.165) is 0 Å². The first-order valence-electron chi connectivity index (χ1n) is 5.60. The SMILES string of the molecule is COC(=O)Cn1ccc(NC(=O)[C@@H](N)C(C)C)n1. The Hall–Kier alpha value is -1.89. The van der Waals surface area contributed by atoms with Crippen LogP contribution in [0, 0.1) is 5.92 Å². The zero-order chi connectivity index (χ0) is 13.7. The number of hydrogen-bond donors (Lipinski definition) is 2. The summed E-state index contributed by atoms with van der Waals surface area (Å²) in [4.78, 5) is 22.7. The highest BCUT2D eigenvalue weighted by molar-refractivity contribution is 5.93. The number of anilines is 1. The maximum atomic E-state index is 11.7. The summed E-state index contributed by atoms with van der Waals surface area (Å²) in [6.07, 6.45) is 1.58. The molecular formula is C11H18N4O3. The van der Waals surface area contributed by atoms with Crippen molar-refractivity contribution in [2.75, 3.05) is 12.4 Å². The quantitative estimate of drug-likeness (QED) is 0.719. The molecule has 0 aliphatic heterocycles. The molecule has 1 heterocycles. The summed E-state index contributed by atoms with van der Waals surface area (Å²) in [7, 11) is 1.30. The van der Waals surface area contributed by atoms with Crippen LogP contribution in [0.15, 0.2) is 12.3 Å². The van der Waals surface area contributed by atoms with Gasteiger partial charge in [0.15, 0.2) is 5.82 Å². The van der Waals surface area contributed by atoms with E-state index in [4.69, 9.17) is 5.73 Å². The van der Waals surface area contributed by atoms with E-state index in [2.05, 4.69) is 15.2 Å². The van der Waals surface area contributed by atoms with Crippen LogP contribution in [-0.2, 0) is 20.9 Å². The van der Waals surface area contributed by atoms with Crippen LogP contribution in [0.4, 0.5) is 5.82 Å². The van der Waals surface area contributed by atoms with Gasteiger partial charge >= 0.3 is 5.97 Å². The van der Waals surface area contributed by atoms with Gasteiger partial charge in [-0.15, -0.1) is 0 Å². The summed E-state index contributed by atoms with van der Waals surface area (Å²) in [6, 6.07) is 1.00. The number of aromatic nitrogens is 2. The van der Waals surface area contributed by atoms with Crippen molar-refractivity contribution in [1.82, 2.24) is 9.78 Å². The second kappa shape index (κ2) is 6.15. The zero-order valence-electron chi connectivity index (χ0n) is 10.7. The summed E-state index contributed by atoms with van der Waals surface area (Å²) >= 11 is 0. The highest BCUT2D eigenvalue weighted by atomic mass is 16.5. The molecule has 0 radical (unpaired) electrons. The number of amides is 1. The van der Waals surface area contributed by atoms with E-state index in [1.54, 1.807) is 12.3 Å². The first-order valence-corrected chi connectivity index (χ1v) is 5.60. The molecule has 0 spiro atoms. The lowest BCUT2D eigenvalue weighted by atomic mass is 10.1. The van der Waals surface area contributed by atoms with Gasteiger partial charge < -0.3 is 15.8 Å². The van der Waals surface area contributed by atoms with Gasteiger partial charge in [0.25, 0.3) is 0 Å². The molecule has 1 atom stereocenters. The average Bonchev–Trinajstić information content (AvgIpc) is 2.74. The second-order valence-corrected chi connectivity index (χ2v) is 4.23. The van der Waals surface area contributed by atoms with Crippen LogP contribution in [0.2, 0.25) is 0 Å². The van der Waals surface area contributed by atoms with Crippen molar-refractivity contribution < 1.29 is 14.3 Å². The Morgan fingerprint density at radius 3 is 2.78 bits per heavy atom. The average molecular weight is 254 g/mol. The van der Waals surface area contributed by atoms with Crippen molar-refractivity contribution in [1.29, 1.82) is 0 Å². The molecule has 0 aliphatic rings. The number of nitrogens with zero attached hydrogens (tertiary/aromatic N) is 2. The number of methoxy groups -OCH3 is 1. The third kappa shape index (κ3) is 3.85. The number of rotatable bonds is 5. The molecule has 18 heavy (non-hydrogen) atoms. The molecule has 1 rings (SSSR count). The normalized spacial score (nSPS) is 12.3. The molecule has 100 valence electrons. The van der Waals surface area contributed by atoms with Crippen LogP contribution in [-0.4, -0.2) is 34.8 Å². The second-order valence-electron chi connectivity index (χ2n) is 4.23. The van der Waals surface area contributed by atoms with Crippen molar-refractivity contribution in [2.24, 2.45) is 11.7 Å². The Kier molecular flexibility index (Phi) is 4.85. The molecule has 7 heteroatoms. The van der Waals surface area contributed by atoms with E-state index in [-0.39, 0.29) is 18.4 Å². The standard InChI is InChI=1S/C11H18N4O3/c1-7(2)10(12)11(17)13-8-4-5-15(14-8)6-9(16)18-3/h4-5,7,10H,6,12H2,1-3H3,(H,13,14,17)/t10-/m0/s1. The summed E-state index contributed by atoms with van der Waals surface area (Å²) in [5, 5.41) is 6.59. The lowest BCUT2D eigenvalue weighted by Crippen LogP contribution is -2.39. The Morgan fingerprint density at radius 1 is 1.56 bits per heavy atom. The number of carbonyl (C=O) groups excluding carboxylic acids is 2. The fourth-order valence-electron chi connectivity index (χ4n) is 1.23. The van der Waals surface area contributed by atoms with E-state index in [9.17, 15) is 9.59 Å². The van der Waals surface area contributed by atoms with E-state index in [1.807, 2.05) is 13.8 Å². The number of hydrogen-bond acceptors (Lipinski definition) is 5. The maximum Gasteiger partial charge on any atom is 0.327 e.